The van der Waals surface area contributed by atoms with Gasteiger partial charge < -0.3 is 5.32 Å². The summed E-state index contributed by atoms with van der Waals surface area (Å²) in [4.78, 5) is 7.92. The van der Waals surface area contributed by atoms with Crippen LogP contribution in [0.1, 0.15) is 32.8 Å². The minimum absolute atomic E-state index is 0.291. The van der Waals surface area contributed by atoms with E-state index in [1.165, 1.54) is 0 Å². The van der Waals surface area contributed by atoms with Gasteiger partial charge in [0.05, 0.1) is 0 Å². The first-order valence-corrected chi connectivity index (χ1v) is 5.35. The van der Waals surface area contributed by atoms with Crippen molar-refractivity contribution in [2.24, 2.45) is 0 Å². The molecule has 0 saturated heterocycles. The molecule has 80 valence electrons. The monoisotopic (exact) mass is 215 g/mol. The van der Waals surface area contributed by atoms with Crippen molar-refractivity contribution in [2.45, 2.75) is 34.1 Å². The lowest BCUT2D eigenvalue weighted by Crippen LogP contribution is -2.04. The summed E-state index contributed by atoms with van der Waals surface area (Å²) in [6, 6.07) is 0. The Labute approximate surface area is 90.9 Å². The number of hydrogen-bond acceptors (Lipinski definition) is 3. The van der Waals surface area contributed by atoms with Gasteiger partial charge in [0.15, 0.2) is 0 Å². The van der Waals surface area contributed by atoms with E-state index in [1.54, 1.807) is 6.20 Å². The molecule has 0 amide bonds. The fraction of sp³-hybridized carbons (Fsp3) is 0.600. The summed E-state index contributed by atoms with van der Waals surface area (Å²) < 4.78 is 0. The zero-order valence-corrected chi connectivity index (χ0v) is 10.0. The summed E-state index contributed by atoms with van der Waals surface area (Å²) in [6.45, 7) is 8.97. The van der Waals surface area contributed by atoms with E-state index in [4.69, 9.17) is 11.6 Å². The first-order chi connectivity index (χ1) is 6.74. The van der Waals surface area contributed by atoms with Crippen LogP contribution in [0.15, 0.2) is 6.20 Å². The van der Waals surface area contributed by atoms with Gasteiger partial charge in [-0.1, -0.05) is 20.8 Å². The van der Waals surface area contributed by atoms with Gasteiger partial charge in [-0.15, -0.1) is 0 Å². The molecular formula is C10H18ClN3. The lowest BCUT2D eigenvalue weighted by atomic mass is 10.3. The van der Waals surface area contributed by atoms with Crippen LogP contribution in [0.4, 0.5) is 5.82 Å². The Kier molecular flexibility index (Phi) is 7.11. The minimum atomic E-state index is 0.291. The molecule has 1 N–H and O–H groups in total. The SMILES string of the molecule is CC.CCCNc1nc(Cl)ncc1C. The molecule has 0 atom stereocenters. The molecule has 1 heterocycles. The van der Waals surface area contributed by atoms with Crippen LogP contribution < -0.4 is 5.32 Å². The molecule has 14 heavy (non-hydrogen) atoms. The number of anilines is 1. The van der Waals surface area contributed by atoms with Gasteiger partial charge >= 0.3 is 0 Å². The van der Waals surface area contributed by atoms with E-state index in [0.29, 0.717) is 5.28 Å². The molecule has 0 fully saturated rings. The fourth-order valence-corrected chi connectivity index (χ4v) is 0.976. The molecule has 1 aromatic rings. The van der Waals surface area contributed by atoms with Gasteiger partial charge in [0, 0.05) is 18.3 Å². The third kappa shape index (κ3) is 4.42. The fourth-order valence-electron chi connectivity index (χ4n) is 0.843. The van der Waals surface area contributed by atoms with Crippen LogP contribution in [-0.2, 0) is 0 Å². The van der Waals surface area contributed by atoms with Crippen LogP contribution in [0, 0.1) is 6.92 Å². The van der Waals surface area contributed by atoms with Crippen LogP contribution >= 0.6 is 11.6 Å². The Morgan fingerprint density at radius 3 is 2.64 bits per heavy atom. The van der Waals surface area contributed by atoms with Crippen molar-refractivity contribution < 1.29 is 0 Å². The van der Waals surface area contributed by atoms with E-state index >= 15 is 0 Å². The highest BCUT2D eigenvalue weighted by Crippen LogP contribution is 2.11. The molecular weight excluding hydrogens is 198 g/mol. The van der Waals surface area contributed by atoms with E-state index in [1.807, 2.05) is 20.8 Å². The van der Waals surface area contributed by atoms with Crippen LogP contribution in [0.2, 0.25) is 5.28 Å². The average molecular weight is 216 g/mol. The third-order valence-corrected chi connectivity index (χ3v) is 1.67. The second kappa shape index (κ2) is 7.56. The Balaban J connectivity index is 0.000000791. The quantitative estimate of drug-likeness (QED) is 0.787. The topological polar surface area (TPSA) is 37.8 Å². The molecule has 0 aliphatic heterocycles. The predicted octanol–water partition coefficient (Wildman–Crippen LogP) is 3.29. The Bertz CT molecular complexity index is 264. The molecule has 3 nitrogen and oxygen atoms in total. The van der Waals surface area contributed by atoms with Crippen molar-refractivity contribution in [1.82, 2.24) is 9.97 Å². The number of aryl methyl sites for hydroxylation is 1. The Hall–Kier alpha value is -0.830. The number of rotatable bonds is 3. The summed E-state index contributed by atoms with van der Waals surface area (Å²) in [5, 5.41) is 3.46. The van der Waals surface area contributed by atoms with E-state index in [0.717, 1.165) is 24.3 Å². The van der Waals surface area contributed by atoms with Crippen molar-refractivity contribution in [3.63, 3.8) is 0 Å². The van der Waals surface area contributed by atoms with Crippen LogP contribution in [0.3, 0.4) is 0 Å². The lowest BCUT2D eigenvalue weighted by Gasteiger charge is -2.05. The van der Waals surface area contributed by atoms with Crippen LogP contribution in [-0.4, -0.2) is 16.5 Å². The molecule has 4 heteroatoms. The summed E-state index contributed by atoms with van der Waals surface area (Å²) in [5.41, 5.74) is 1.02. The molecule has 0 aliphatic carbocycles. The Morgan fingerprint density at radius 1 is 1.43 bits per heavy atom. The molecule has 0 aromatic carbocycles. The molecule has 1 rings (SSSR count). The summed E-state index contributed by atoms with van der Waals surface area (Å²) >= 11 is 5.63. The highest BCUT2D eigenvalue weighted by Gasteiger charge is 1.99. The van der Waals surface area contributed by atoms with Gasteiger partial charge in [-0.25, -0.2) is 9.97 Å². The number of nitrogens with zero attached hydrogens (tertiary/aromatic N) is 2. The maximum absolute atomic E-state index is 5.63. The van der Waals surface area contributed by atoms with Gasteiger partial charge in [-0.05, 0) is 24.9 Å². The zero-order valence-electron chi connectivity index (χ0n) is 9.26. The molecule has 0 radical (unpaired) electrons. The lowest BCUT2D eigenvalue weighted by molar-refractivity contribution is 0.959. The average Bonchev–Trinajstić information content (AvgIpc) is 2.22. The normalized spacial score (nSPS) is 8.93. The second-order valence-electron chi connectivity index (χ2n) is 2.60. The molecule has 1 aromatic heterocycles. The van der Waals surface area contributed by atoms with Crippen molar-refractivity contribution in [2.75, 3.05) is 11.9 Å². The molecule has 0 spiro atoms. The van der Waals surface area contributed by atoms with Gasteiger partial charge in [-0.2, -0.15) is 0 Å². The first-order valence-electron chi connectivity index (χ1n) is 4.97. The van der Waals surface area contributed by atoms with E-state index in [2.05, 4.69) is 22.2 Å². The largest absolute Gasteiger partial charge is 0.370 e. The van der Waals surface area contributed by atoms with Crippen LogP contribution in [0.5, 0.6) is 0 Å². The number of nitrogens with one attached hydrogen (secondary N) is 1. The zero-order chi connectivity index (χ0) is 11.0. The first kappa shape index (κ1) is 13.2. The Morgan fingerprint density at radius 2 is 2.07 bits per heavy atom. The highest BCUT2D eigenvalue weighted by molar-refractivity contribution is 6.28. The van der Waals surface area contributed by atoms with Gasteiger partial charge in [-0.3, -0.25) is 0 Å². The minimum Gasteiger partial charge on any atom is -0.370 e. The van der Waals surface area contributed by atoms with Crippen molar-refractivity contribution >= 4 is 17.4 Å². The van der Waals surface area contributed by atoms with Crippen molar-refractivity contribution in [1.29, 1.82) is 0 Å². The standard InChI is InChI=1S/C8H12ClN3.C2H6/c1-3-4-10-7-6(2)5-11-8(9)12-7;1-2/h5H,3-4H2,1-2H3,(H,10,11,12);1-2H3. The van der Waals surface area contributed by atoms with E-state index in [9.17, 15) is 0 Å². The summed E-state index contributed by atoms with van der Waals surface area (Å²) in [6.07, 6.45) is 2.79. The predicted molar refractivity (Wildman–Crippen MR) is 61.9 cm³/mol. The van der Waals surface area contributed by atoms with E-state index in [-0.39, 0.29) is 0 Å². The summed E-state index contributed by atoms with van der Waals surface area (Å²) in [7, 11) is 0. The maximum atomic E-state index is 5.63. The maximum Gasteiger partial charge on any atom is 0.224 e. The van der Waals surface area contributed by atoms with Gasteiger partial charge in [0.25, 0.3) is 0 Å². The number of halogens is 1. The molecule has 0 saturated carbocycles. The van der Waals surface area contributed by atoms with Gasteiger partial charge in [0.2, 0.25) is 5.28 Å². The van der Waals surface area contributed by atoms with Gasteiger partial charge in [0.1, 0.15) is 5.82 Å². The number of aromatic nitrogens is 2. The van der Waals surface area contributed by atoms with Crippen LogP contribution in [0.25, 0.3) is 0 Å². The molecule has 0 unspecified atom stereocenters. The molecule has 0 bridgehead atoms. The van der Waals surface area contributed by atoms with E-state index < -0.39 is 0 Å². The third-order valence-electron chi connectivity index (χ3n) is 1.48. The molecule has 0 aliphatic rings. The van der Waals surface area contributed by atoms with Crippen molar-refractivity contribution in [3.8, 4) is 0 Å². The van der Waals surface area contributed by atoms with Crippen molar-refractivity contribution in [3.05, 3.63) is 17.0 Å². The highest BCUT2D eigenvalue weighted by atomic mass is 35.5. The summed E-state index contributed by atoms with van der Waals surface area (Å²) in [5.74, 6) is 0.830. The number of hydrogen-bond donors (Lipinski definition) is 1. The second-order valence-corrected chi connectivity index (χ2v) is 2.94. The smallest absolute Gasteiger partial charge is 0.224 e.